The number of amides is 1. The van der Waals surface area contributed by atoms with E-state index in [-0.39, 0.29) is 35.9 Å². The number of ether oxygens (including phenoxy) is 1. The van der Waals surface area contributed by atoms with Crippen molar-refractivity contribution in [2.45, 2.75) is 45.0 Å². The summed E-state index contributed by atoms with van der Waals surface area (Å²) in [6, 6.07) is 10.2. The Balaban J connectivity index is 0.00000341. The third-order valence-corrected chi connectivity index (χ3v) is 5.06. The van der Waals surface area contributed by atoms with Crippen molar-refractivity contribution in [3.63, 3.8) is 0 Å². The zero-order chi connectivity index (χ0) is 21.3. The van der Waals surface area contributed by atoms with Crippen LogP contribution in [0.2, 0.25) is 0 Å². The van der Waals surface area contributed by atoms with Crippen molar-refractivity contribution in [1.82, 2.24) is 30.3 Å². The first-order valence-corrected chi connectivity index (χ1v) is 10.3. The molecule has 1 amide bonds. The maximum absolute atomic E-state index is 12.4. The molecule has 1 atom stereocenters. The topological polar surface area (TPSA) is 96.7 Å². The number of halogens is 1. The number of guanidine groups is 1. The highest BCUT2D eigenvalue weighted by Gasteiger charge is 2.22. The van der Waals surface area contributed by atoms with E-state index in [0.717, 1.165) is 30.8 Å². The normalized spacial score (nSPS) is 15.6. The first-order valence-electron chi connectivity index (χ1n) is 10.3. The monoisotopic (exact) mass is 541 g/mol. The molecular weight excluding hydrogens is 509 g/mol. The van der Waals surface area contributed by atoms with Gasteiger partial charge in [0.15, 0.2) is 11.8 Å². The van der Waals surface area contributed by atoms with E-state index in [1.54, 1.807) is 19.1 Å². The van der Waals surface area contributed by atoms with E-state index in [1.165, 1.54) is 0 Å². The number of benzene rings is 1. The summed E-state index contributed by atoms with van der Waals surface area (Å²) < 4.78 is 7.05. The third-order valence-electron chi connectivity index (χ3n) is 5.06. The minimum Gasteiger partial charge on any atom is -0.377 e. The van der Waals surface area contributed by atoms with E-state index in [1.807, 2.05) is 42.1 Å². The number of nitrogens with zero attached hydrogens (tertiary/aromatic N) is 5. The number of carbonyl (C=O) groups is 1. The Morgan fingerprint density at radius 1 is 1.35 bits per heavy atom. The lowest BCUT2D eigenvalue weighted by atomic mass is 10.1. The molecule has 3 rings (SSSR count). The Labute approximate surface area is 200 Å². The zero-order valence-corrected chi connectivity index (χ0v) is 20.7. The molecular formula is C21H32IN7O2. The number of hydrogen-bond acceptors (Lipinski definition) is 5. The number of methoxy groups -OCH3 is 1. The molecule has 2 aromatic rings. The van der Waals surface area contributed by atoms with Crippen molar-refractivity contribution in [2.75, 3.05) is 27.7 Å². The minimum absolute atomic E-state index is 0. The number of carbonyl (C=O) groups excluding carboxylic acids is 1. The first kappa shape index (κ1) is 25.1. The molecule has 0 spiro atoms. The van der Waals surface area contributed by atoms with Gasteiger partial charge in [-0.3, -0.25) is 9.79 Å². The van der Waals surface area contributed by atoms with Gasteiger partial charge in [-0.15, -0.1) is 24.0 Å². The Kier molecular flexibility index (Phi) is 10.2. The number of nitrogens with one attached hydrogen (secondary N) is 2. The molecule has 1 unspecified atom stereocenters. The lowest BCUT2D eigenvalue weighted by Crippen LogP contribution is -2.47. The smallest absolute Gasteiger partial charge is 0.224 e. The van der Waals surface area contributed by atoms with Gasteiger partial charge in [-0.05, 0) is 12.0 Å². The minimum atomic E-state index is 0. The van der Waals surface area contributed by atoms with E-state index in [4.69, 9.17) is 4.74 Å². The summed E-state index contributed by atoms with van der Waals surface area (Å²) in [7, 11) is 5.21. The number of aryl methyl sites for hydroxylation is 1. The maximum Gasteiger partial charge on any atom is 0.224 e. The standard InChI is InChI=1S/C21H31N7O2.HI/c1-22-21(23-12-11-20(29)27(2)13-16-7-5-4-6-8-16)24-17-9-10-19-25-18(15-30-3)26-28(19)14-17;/h4-8,17H,9-15H2,1-3H3,(H2,22,23,24);1H. The lowest BCUT2D eigenvalue weighted by molar-refractivity contribution is -0.130. The van der Waals surface area contributed by atoms with Gasteiger partial charge in [-0.25, -0.2) is 9.67 Å². The lowest BCUT2D eigenvalue weighted by Gasteiger charge is -2.25. The highest BCUT2D eigenvalue weighted by molar-refractivity contribution is 14.0. The summed E-state index contributed by atoms with van der Waals surface area (Å²) in [5.74, 6) is 2.50. The van der Waals surface area contributed by atoms with Crippen LogP contribution in [0.3, 0.4) is 0 Å². The fourth-order valence-electron chi connectivity index (χ4n) is 3.48. The highest BCUT2D eigenvalue weighted by Crippen LogP contribution is 2.13. The SMILES string of the molecule is CN=C(NCCC(=O)N(C)Cc1ccccc1)NC1CCc2nc(COC)nn2C1.I. The van der Waals surface area contributed by atoms with Gasteiger partial charge in [-0.2, -0.15) is 5.10 Å². The summed E-state index contributed by atoms with van der Waals surface area (Å²) in [5, 5.41) is 11.2. The number of aromatic nitrogens is 3. The largest absolute Gasteiger partial charge is 0.377 e. The fourth-order valence-corrected chi connectivity index (χ4v) is 3.48. The molecule has 1 aromatic carbocycles. The Hall–Kier alpha value is -2.21. The molecule has 10 heteroatoms. The molecule has 170 valence electrons. The van der Waals surface area contributed by atoms with Gasteiger partial charge in [0, 0.05) is 53.2 Å². The predicted molar refractivity (Wildman–Crippen MR) is 130 cm³/mol. The van der Waals surface area contributed by atoms with Gasteiger partial charge in [0.25, 0.3) is 0 Å². The highest BCUT2D eigenvalue weighted by atomic mass is 127. The van der Waals surface area contributed by atoms with Crippen LogP contribution in [-0.4, -0.2) is 65.3 Å². The second-order valence-corrected chi connectivity index (χ2v) is 7.42. The van der Waals surface area contributed by atoms with Gasteiger partial charge in [0.05, 0.1) is 6.54 Å². The van der Waals surface area contributed by atoms with Crippen LogP contribution in [0.25, 0.3) is 0 Å². The van der Waals surface area contributed by atoms with Gasteiger partial charge in [0.1, 0.15) is 12.4 Å². The quantitative estimate of drug-likeness (QED) is 0.299. The number of rotatable bonds is 8. The molecule has 0 saturated heterocycles. The van der Waals surface area contributed by atoms with Crippen LogP contribution in [0, 0.1) is 0 Å². The van der Waals surface area contributed by atoms with Crippen molar-refractivity contribution < 1.29 is 9.53 Å². The summed E-state index contributed by atoms with van der Waals surface area (Å²) in [4.78, 5) is 22.9. The second kappa shape index (κ2) is 12.6. The van der Waals surface area contributed by atoms with E-state index in [0.29, 0.717) is 37.9 Å². The van der Waals surface area contributed by atoms with Crippen LogP contribution in [0.4, 0.5) is 0 Å². The van der Waals surface area contributed by atoms with E-state index < -0.39 is 0 Å². The molecule has 1 aliphatic rings. The van der Waals surface area contributed by atoms with Crippen LogP contribution >= 0.6 is 24.0 Å². The number of fused-ring (bicyclic) bond motifs is 1. The molecule has 0 fully saturated rings. The third kappa shape index (κ3) is 7.46. The Morgan fingerprint density at radius 3 is 2.84 bits per heavy atom. The molecule has 1 aromatic heterocycles. The molecule has 2 N–H and O–H groups in total. The molecule has 9 nitrogen and oxygen atoms in total. The second-order valence-electron chi connectivity index (χ2n) is 7.42. The van der Waals surface area contributed by atoms with Gasteiger partial charge >= 0.3 is 0 Å². The van der Waals surface area contributed by atoms with Crippen LogP contribution in [0.1, 0.15) is 30.1 Å². The Bertz CT molecular complexity index is 857. The van der Waals surface area contributed by atoms with Gasteiger partial charge in [0.2, 0.25) is 5.91 Å². The van der Waals surface area contributed by atoms with Gasteiger partial charge < -0.3 is 20.3 Å². The maximum atomic E-state index is 12.4. The average Bonchev–Trinajstić information content (AvgIpc) is 3.15. The zero-order valence-electron chi connectivity index (χ0n) is 18.4. The van der Waals surface area contributed by atoms with Crippen LogP contribution < -0.4 is 10.6 Å². The fraction of sp³-hybridized carbons (Fsp3) is 0.524. The molecule has 0 aliphatic carbocycles. The summed E-state index contributed by atoms with van der Waals surface area (Å²) in [6.45, 7) is 2.29. The van der Waals surface area contributed by atoms with Crippen LogP contribution in [0.5, 0.6) is 0 Å². The first-order chi connectivity index (χ1) is 14.6. The van der Waals surface area contributed by atoms with Crippen LogP contribution in [0.15, 0.2) is 35.3 Å². The van der Waals surface area contributed by atoms with Gasteiger partial charge in [-0.1, -0.05) is 30.3 Å². The van der Waals surface area contributed by atoms with Crippen molar-refractivity contribution in [1.29, 1.82) is 0 Å². The molecule has 31 heavy (non-hydrogen) atoms. The molecule has 2 heterocycles. The summed E-state index contributed by atoms with van der Waals surface area (Å²) in [6.07, 6.45) is 2.21. The van der Waals surface area contributed by atoms with E-state index >= 15 is 0 Å². The van der Waals surface area contributed by atoms with Crippen LogP contribution in [-0.2, 0) is 35.6 Å². The summed E-state index contributed by atoms with van der Waals surface area (Å²) in [5.41, 5.74) is 1.12. The van der Waals surface area contributed by atoms with Crippen molar-refractivity contribution >= 4 is 35.8 Å². The number of aliphatic imine (C=N–C) groups is 1. The van der Waals surface area contributed by atoms with Crippen molar-refractivity contribution in [3.8, 4) is 0 Å². The molecule has 0 radical (unpaired) electrons. The van der Waals surface area contributed by atoms with E-state index in [2.05, 4.69) is 25.7 Å². The molecule has 0 saturated carbocycles. The number of hydrogen-bond donors (Lipinski definition) is 2. The average molecular weight is 541 g/mol. The van der Waals surface area contributed by atoms with Crippen molar-refractivity contribution in [2.24, 2.45) is 4.99 Å². The predicted octanol–water partition coefficient (Wildman–Crippen LogP) is 1.57. The van der Waals surface area contributed by atoms with E-state index in [9.17, 15) is 4.79 Å². The van der Waals surface area contributed by atoms with Crippen molar-refractivity contribution in [3.05, 3.63) is 47.5 Å². The summed E-state index contributed by atoms with van der Waals surface area (Å²) >= 11 is 0. The molecule has 1 aliphatic heterocycles. The molecule has 0 bridgehead atoms. The Morgan fingerprint density at radius 2 is 2.13 bits per heavy atom.